The van der Waals surface area contributed by atoms with Crippen LogP contribution in [0.2, 0.25) is 0 Å². The van der Waals surface area contributed by atoms with Crippen LogP contribution in [0.25, 0.3) is 28.1 Å². The minimum atomic E-state index is -0.164. The number of benzene rings is 2. The zero-order chi connectivity index (χ0) is 22.7. The summed E-state index contributed by atoms with van der Waals surface area (Å²) in [6, 6.07) is 11.4. The molecule has 7 heteroatoms. The first-order valence-corrected chi connectivity index (χ1v) is 10.9. The quantitative estimate of drug-likeness (QED) is 0.617. The molecule has 0 fully saturated rings. The number of nitrogens with zero attached hydrogens (tertiary/aromatic N) is 3. The van der Waals surface area contributed by atoms with E-state index in [1.165, 1.54) is 6.33 Å². The van der Waals surface area contributed by atoms with Gasteiger partial charge in [-0.25, -0.2) is 9.98 Å². The van der Waals surface area contributed by atoms with Crippen molar-refractivity contribution in [2.45, 2.75) is 33.1 Å². The van der Waals surface area contributed by atoms with Crippen molar-refractivity contribution in [3.63, 3.8) is 0 Å². The fourth-order valence-corrected chi connectivity index (χ4v) is 4.01. The number of amidine groups is 1. The molecule has 0 aliphatic carbocycles. The van der Waals surface area contributed by atoms with Gasteiger partial charge in [-0.2, -0.15) is 0 Å². The second kappa shape index (κ2) is 9.18. The maximum absolute atomic E-state index is 13.1. The van der Waals surface area contributed by atoms with Gasteiger partial charge in [0.2, 0.25) is 5.91 Å². The highest BCUT2D eigenvalue weighted by Crippen LogP contribution is 2.32. The SMILES string of the molecule is CCCN(CCC)C(=O)C1=Cc2ccc(-c3ccc4c(=O)[nH]cnc4c3)cc2N=C(N)C1. The van der Waals surface area contributed by atoms with Gasteiger partial charge in [0.25, 0.3) is 5.56 Å². The van der Waals surface area contributed by atoms with Gasteiger partial charge in [-0.1, -0.05) is 32.0 Å². The van der Waals surface area contributed by atoms with Gasteiger partial charge < -0.3 is 15.6 Å². The molecule has 4 rings (SSSR count). The second-order valence-electron chi connectivity index (χ2n) is 7.98. The molecule has 3 N–H and O–H groups in total. The summed E-state index contributed by atoms with van der Waals surface area (Å²) in [5, 5.41) is 0.545. The molecule has 1 aliphatic heterocycles. The molecule has 1 aromatic heterocycles. The zero-order valence-corrected chi connectivity index (χ0v) is 18.4. The molecule has 32 heavy (non-hydrogen) atoms. The van der Waals surface area contributed by atoms with E-state index in [0.717, 1.165) is 48.3 Å². The Hall–Kier alpha value is -3.74. The van der Waals surface area contributed by atoms with Gasteiger partial charge in [-0.3, -0.25) is 9.59 Å². The molecule has 0 bridgehead atoms. The van der Waals surface area contributed by atoms with Crippen LogP contribution in [0.15, 0.2) is 58.1 Å². The van der Waals surface area contributed by atoms with Gasteiger partial charge in [-0.15, -0.1) is 0 Å². The molecule has 1 aliphatic rings. The van der Waals surface area contributed by atoms with Gasteiger partial charge in [0.15, 0.2) is 0 Å². The van der Waals surface area contributed by atoms with E-state index in [0.29, 0.717) is 28.7 Å². The molecule has 3 aromatic rings. The largest absolute Gasteiger partial charge is 0.387 e. The molecule has 164 valence electrons. The Labute approximate surface area is 186 Å². The van der Waals surface area contributed by atoms with Crippen LogP contribution >= 0.6 is 0 Å². The summed E-state index contributed by atoms with van der Waals surface area (Å²) < 4.78 is 0. The molecule has 0 saturated carbocycles. The number of rotatable bonds is 6. The Morgan fingerprint density at radius 2 is 1.81 bits per heavy atom. The van der Waals surface area contributed by atoms with Crippen molar-refractivity contribution in [1.82, 2.24) is 14.9 Å². The molecule has 0 radical (unpaired) electrons. The number of amides is 1. The van der Waals surface area contributed by atoms with E-state index in [1.54, 1.807) is 6.07 Å². The van der Waals surface area contributed by atoms with E-state index < -0.39 is 0 Å². The van der Waals surface area contributed by atoms with E-state index in [-0.39, 0.29) is 11.5 Å². The lowest BCUT2D eigenvalue weighted by Crippen LogP contribution is -2.34. The lowest BCUT2D eigenvalue weighted by Gasteiger charge is -2.22. The van der Waals surface area contributed by atoms with E-state index in [1.807, 2.05) is 41.3 Å². The van der Waals surface area contributed by atoms with Gasteiger partial charge in [0.05, 0.1) is 22.9 Å². The number of hydrogen-bond donors (Lipinski definition) is 2. The van der Waals surface area contributed by atoms with E-state index >= 15 is 0 Å². The maximum Gasteiger partial charge on any atom is 0.258 e. The van der Waals surface area contributed by atoms with Crippen LogP contribution in [-0.2, 0) is 4.79 Å². The van der Waals surface area contributed by atoms with Gasteiger partial charge in [0, 0.05) is 30.6 Å². The van der Waals surface area contributed by atoms with E-state index in [2.05, 4.69) is 28.8 Å². The summed E-state index contributed by atoms with van der Waals surface area (Å²) in [4.78, 5) is 38.4. The average Bonchev–Trinajstić information content (AvgIpc) is 2.95. The molecule has 2 heterocycles. The Bertz CT molecular complexity index is 1280. The maximum atomic E-state index is 13.1. The minimum absolute atomic E-state index is 0.0228. The van der Waals surface area contributed by atoms with Crippen molar-refractivity contribution >= 4 is 34.4 Å². The number of nitrogens with two attached hydrogens (primary N) is 1. The van der Waals surface area contributed by atoms with E-state index in [9.17, 15) is 9.59 Å². The summed E-state index contributed by atoms with van der Waals surface area (Å²) in [5.41, 5.74) is 10.8. The highest BCUT2D eigenvalue weighted by molar-refractivity contribution is 6.05. The normalized spacial score (nSPS) is 13.2. The predicted molar refractivity (Wildman–Crippen MR) is 129 cm³/mol. The first-order chi connectivity index (χ1) is 15.5. The number of carbonyl (C=O) groups is 1. The highest BCUT2D eigenvalue weighted by Gasteiger charge is 2.21. The lowest BCUT2D eigenvalue weighted by atomic mass is 10.00. The standard InChI is InChI=1S/C25H27N5O2/c1-3-9-30(10-4-2)25(32)19-11-18-6-5-16(12-21(18)29-23(26)14-19)17-7-8-20-22(13-17)27-15-28-24(20)31/h5-8,11-13,15H,3-4,9-10,14H2,1-2H3,(H2,26,29)(H,27,28,31). The number of hydrogen-bond acceptors (Lipinski definition) is 5. The summed E-state index contributed by atoms with van der Waals surface area (Å²) in [5.74, 6) is 0.440. The van der Waals surface area contributed by atoms with Crippen molar-refractivity contribution < 1.29 is 4.79 Å². The van der Waals surface area contributed by atoms with Crippen LogP contribution in [0.3, 0.4) is 0 Å². The van der Waals surface area contributed by atoms with Crippen LogP contribution in [0.5, 0.6) is 0 Å². The summed E-state index contributed by atoms with van der Waals surface area (Å²) in [6.07, 6.45) is 5.46. The molecule has 2 aromatic carbocycles. The third kappa shape index (κ3) is 4.32. The summed E-state index contributed by atoms with van der Waals surface area (Å²) >= 11 is 0. The topological polar surface area (TPSA) is 104 Å². The third-order valence-corrected chi connectivity index (χ3v) is 5.52. The van der Waals surface area contributed by atoms with Gasteiger partial charge in [-0.05, 0) is 48.2 Å². The zero-order valence-electron chi connectivity index (χ0n) is 18.4. The third-order valence-electron chi connectivity index (χ3n) is 5.52. The molecule has 0 saturated heterocycles. The Balaban J connectivity index is 1.72. The Kier molecular flexibility index (Phi) is 6.16. The number of carbonyl (C=O) groups excluding carboxylic acids is 1. The summed E-state index contributed by atoms with van der Waals surface area (Å²) in [6.45, 7) is 5.60. The number of nitrogens with one attached hydrogen (secondary N) is 1. The van der Waals surface area contributed by atoms with Crippen LogP contribution < -0.4 is 11.3 Å². The van der Waals surface area contributed by atoms with Crippen molar-refractivity contribution in [3.05, 3.63) is 64.2 Å². The first kappa shape index (κ1) is 21.5. The molecular weight excluding hydrogens is 402 g/mol. The monoisotopic (exact) mass is 429 g/mol. The number of aromatic amines is 1. The number of H-pyrrole nitrogens is 1. The van der Waals surface area contributed by atoms with Gasteiger partial charge in [0.1, 0.15) is 5.84 Å². The van der Waals surface area contributed by atoms with Crippen molar-refractivity contribution in [3.8, 4) is 11.1 Å². The van der Waals surface area contributed by atoms with E-state index in [4.69, 9.17) is 5.73 Å². The number of fused-ring (bicyclic) bond motifs is 2. The van der Waals surface area contributed by atoms with Crippen LogP contribution in [0.1, 0.15) is 38.7 Å². The average molecular weight is 430 g/mol. The van der Waals surface area contributed by atoms with Crippen molar-refractivity contribution in [1.29, 1.82) is 0 Å². The fraction of sp³-hybridized carbons (Fsp3) is 0.280. The first-order valence-electron chi connectivity index (χ1n) is 10.9. The van der Waals surface area contributed by atoms with Crippen molar-refractivity contribution in [2.75, 3.05) is 13.1 Å². The molecule has 0 unspecified atom stereocenters. The van der Waals surface area contributed by atoms with Crippen molar-refractivity contribution in [2.24, 2.45) is 10.7 Å². The van der Waals surface area contributed by atoms with Gasteiger partial charge >= 0.3 is 0 Å². The Morgan fingerprint density at radius 3 is 2.56 bits per heavy atom. The highest BCUT2D eigenvalue weighted by atomic mass is 16.2. The molecular formula is C25H27N5O2. The second-order valence-corrected chi connectivity index (χ2v) is 7.98. The molecule has 0 spiro atoms. The fourth-order valence-electron chi connectivity index (χ4n) is 4.01. The van der Waals surface area contributed by atoms with Crippen LogP contribution in [-0.4, -0.2) is 39.7 Å². The predicted octanol–water partition coefficient (Wildman–Crippen LogP) is 4.01. The summed E-state index contributed by atoms with van der Waals surface area (Å²) in [7, 11) is 0. The van der Waals surface area contributed by atoms with Crippen LogP contribution in [0, 0.1) is 0 Å². The Morgan fingerprint density at radius 1 is 1.09 bits per heavy atom. The smallest absolute Gasteiger partial charge is 0.258 e. The molecule has 7 nitrogen and oxygen atoms in total. The lowest BCUT2D eigenvalue weighted by molar-refractivity contribution is -0.127. The number of aromatic nitrogens is 2. The molecule has 0 atom stereocenters. The molecule has 1 amide bonds. The minimum Gasteiger partial charge on any atom is -0.387 e. The van der Waals surface area contributed by atoms with Crippen LogP contribution in [0.4, 0.5) is 5.69 Å². The number of aliphatic imine (C=N–C) groups is 1.